The number of hydrogen-bond donors (Lipinski definition) is 3. The van der Waals surface area contributed by atoms with Crippen LogP contribution in [0.25, 0.3) is 6.08 Å². The minimum absolute atomic E-state index is 0.317. The molecule has 0 saturated carbocycles. The number of unbranched alkanes of at least 4 members (excludes halogenated alkanes) is 2. The van der Waals surface area contributed by atoms with Gasteiger partial charge in [-0.25, -0.2) is 14.4 Å². The summed E-state index contributed by atoms with van der Waals surface area (Å²) < 4.78 is 0. The smallest absolute Gasteiger partial charge is 0.330 e. The van der Waals surface area contributed by atoms with E-state index in [0.29, 0.717) is 35.5 Å². The summed E-state index contributed by atoms with van der Waals surface area (Å²) >= 11 is 0. The molecule has 0 saturated heterocycles. The highest BCUT2D eigenvalue weighted by Crippen LogP contribution is 2.20. The van der Waals surface area contributed by atoms with Crippen molar-refractivity contribution >= 4 is 24.0 Å². The SMILES string of the molecule is C=C(CC(CC)CCCC)C(=O)O.C=C(CCCC)C(=O)O.C=Cc1ccccc1.CC=C(C)C(=O)O. The minimum atomic E-state index is -0.872. The van der Waals surface area contributed by atoms with Crippen LogP contribution in [0.4, 0.5) is 0 Å². The van der Waals surface area contributed by atoms with Crippen LogP contribution in [-0.4, -0.2) is 33.2 Å². The Morgan fingerprint density at radius 1 is 0.865 bits per heavy atom. The van der Waals surface area contributed by atoms with E-state index in [1.165, 1.54) is 18.4 Å². The van der Waals surface area contributed by atoms with Gasteiger partial charge in [0.25, 0.3) is 0 Å². The molecule has 0 bridgehead atoms. The van der Waals surface area contributed by atoms with Crippen LogP contribution in [0.5, 0.6) is 0 Å². The summed E-state index contributed by atoms with van der Waals surface area (Å²) in [4.78, 5) is 30.5. The van der Waals surface area contributed by atoms with Crippen molar-refractivity contribution in [1.82, 2.24) is 0 Å². The van der Waals surface area contributed by atoms with Gasteiger partial charge in [-0.05, 0) is 44.6 Å². The number of carboxylic acids is 3. The highest BCUT2D eigenvalue weighted by molar-refractivity contribution is 5.86. The second-order valence-electron chi connectivity index (χ2n) is 8.43. The van der Waals surface area contributed by atoms with Crippen molar-refractivity contribution in [2.75, 3.05) is 0 Å². The third-order valence-electron chi connectivity index (χ3n) is 5.32. The first-order chi connectivity index (χ1) is 17.4. The number of allylic oxidation sites excluding steroid dienone is 1. The van der Waals surface area contributed by atoms with E-state index in [1.807, 2.05) is 43.3 Å². The summed E-state index contributed by atoms with van der Waals surface area (Å²) in [6, 6.07) is 10.0. The predicted octanol–water partition coefficient (Wildman–Crippen LogP) is 8.42. The Balaban J connectivity index is -0.000000429. The Morgan fingerprint density at radius 2 is 1.38 bits per heavy atom. The lowest BCUT2D eigenvalue weighted by Crippen LogP contribution is -2.06. The summed E-state index contributed by atoms with van der Waals surface area (Å²) in [5, 5.41) is 25.1. The largest absolute Gasteiger partial charge is 0.478 e. The molecule has 6 heteroatoms. The molecule has 0 heterocycles. The standard InChI is InChI=1S/C11H20O2.C8H8.C7H12O2.C5H8O2/c1-4-6-7-10(5-2)8-9(3)11(12)13;1-2-8-6-4-3-5-7-8;1-3-4-5-6(2)7(8)9;1-3-4(2)5(6)7/h10H,3-8H2,1-2H3,(H,12,13);2-7H,1H2;2-5H2,1H3,(H,8,9);3H,1-2H3,(H,6,7). The van der Waals surface area contributed by atoms with E-state index in [9.17, 15) is 14.4 Å². The molecule has 0 fully saturated rings. The third kappa shape index (κ3) is 25.5. The van der Waals surface area contributed by atoms with Crippen molar-refractivity contribution < 1.29 is 29.7 Å². The van der Waals surface area contributed by atoms with Crippen molar-refractivity contribution in [3.8, 4) is 0 Å². The van der Waals surface area contributed by atoms with Crippen LogP contribution >= 0.6 is 0 Å². The van der Waals surface area contributed by atoms with Crippen molar-refractivity contribution in [3.63, 3.8) is 0 Å². The number of carbonyl (C=O) groups is 3. The highest BCUT2D eigenvalue weighted by Gasteiger charge is 2.11. The summed E-state index contributed by atoms with van der Waals surface area (Å²) in [5.74, 6) is -2.07. The molecule has 1 aromatic rings. The van der Waals surface area contributed by atoms with Gasteiger partial charge in [0.2, 0.25) is 0 Å². The Labute approximate surface area is 224 Å². The van der Waals surface area contributed by atoms with Gasteiger partial charge in [-0.15, -0.1) is 0 Å². The van der Waals surface area contributed by atoms with E-state index in [0.717, 1.165) is 25.7 Å². The molecule has 1 unspecified atom stereocenters. The summed E-state index contributed by atoms with van der Waals surface area (Å²) in [6.45, 7) is 20.1. The van der Waals surface area contributed by atoms with E-state index in [2.05, 4.69) is 33.6 Å². The van der Waals surface area contributed by atoms with Gasteiger partial charge < -0.3 is 15.3 Å². The van der Waals surface area contributed by atoms with E-state index in [4.69, 9.17) is 15.3 Å². The molecule has 6 nitrogen and oxygen atoms in total. The summed E-state index contributed by atoms with van der Waals surface area (Å²) in [5.41, 5.74) is 2.23. The predicted molar refractivity (Wildman–Crippen MR) is 155 cm³/mol. The first kappa shape index (κ1) is 38.1. The minimum Gasteiger partial charge on any atom is -0.478 e. The maximum absolute atomic E-state index is 10.5. The second kappa shape index (κ2) is 25.7. The zero-order valence-electron chi connectivity index (χ0n) is 23.5. The van der Waals surface area contributed by atoms with Crippen LogP contribution in [0.2, 0.25) is 0 Å². The first-order valence-corrected chi connectivity index (χ1v) is 12.8. The van der Waals surface area contributed by atoms with Crippen LogP contribution in [0.15, 0.2) is 72.9 Å². The van der Waals surface area contributed by atoms with Gasteiger partial charge >= 0.3 is 17.9 Å². The highest BCUT2D eigenvalue weighted by atomic mass is 16.4. The number of hydrogen-bond acceptors (Lipinski definition) is 3. The van der Waals surface area contributed by atoms with Gasteiger partial charge in [0, 0.05) is 16.7 Å². The molecule has 208 valence electrons. The van der Waals surface area contributed by atoms with Crippen LogP contribution in [0, 0.1) is 5.92 Å². The summed E-state index contributed by atoms with van der Waals surface area (Å²) in [6.07, 6.45) is 11.1. The Bertz CT molecular complexity index is 837. The lowest BCUT2D eigenvalue weighted by Gasteiger charge is -2.13. The fourth-order valence-electron chi connectivity index (χ4n) is 2.59. The molecule has 1 aromatic carbocycles. The molecule has 0 aromatic heterocycles. The third-order valence-corrected chi connectivity index (χ3v) is 5.32. The van der Waals surface area contributed by atoms with Crippen molar-refractivity contribution in [2.24, 2.45) is 5.92 Å². The molecule has 0 radical (unpaired) electrons. The Hall–Kier alpha value is -3.41. The van der Waals surface area contributed by atoms with Crippen molar-refractivity contribution in [1.29, 1.82) is 0 Å². The first-order valence-electron chi connectivity index (χ1n) is 12.8. The van der Waals surface area contributed by atoms with Gasteiger partial charge in [0.05, 0.1) is 0 Å². The molecule has 1 rings (SSSR count). The average molecular weight is 517 g/mol. The quantitative estimate of drug-likeness (QED) is 0.227. The molecule has 0 aliphatic rings. The second-order valence-corrected chi connectivity index (χ2v) is 8.43. The fraction of sp³-hybridized carbons (Fsp3) is 0.452. The molecular weight excluding hydrogens is 468 g/mol. The maximum atomic E-state index is 10.5. The maximum Gasteiger partial charge on any atom is 0.330 e. The van der Waals surface area contributed by atoms with Crippen LogP contribution < -0.4 is 0 Å². The lowest BCUT2D eigenvalue weighted by molar-refractivity contribution is -0.133. The average Bonchev–Trinajstić information content (AvgIpc) is 2.90. The number of carboxylic acid groups (broad SMARTS) is 3. The normalized spacial score (nSPS) is 10.6. The Kier molecular flexibility index (Phi) is 26.5. The van der Waals surface area contributed by atoms with Crippen molar-refractivity contribution in [3.05, 3.63) is 78.4 Å². The molecule has 0 aliphatic heterocycles. The zero-order chi connectivity index (χ0) is 29.2. The van der Waals surface area contributed by atoms with Crippen molar-refractivity contribution in [2.45, 2.75) is 86.0 Å². The zero-order valence-corrected chi connectivity index (χ0v) is 23.5. The molecule has 3 N–H and O–H groups in total. The van der Waals surface area contributed by atoms with E-state index in [-0.39, 0.29) is 0 Å². The summed E-state index contributed by atoms with van der Waals surface area (Å²) in [7, 11) is 0. The van der Waals surface area contributed by atoms with E-state index >= 15 is 0 Å². The number of rotatable bonds is 13. The van der Waals surface area contributed by atoms with Crippen LogP contribution in [0.1, 0.15) is 91.5 Å². The molecule has 37 heavy (non-hydrogen) atoms. The Morgan fingerprint density at radius 3 is 1.68 bits per heavy atom. The number of aliphatic carboxylic acids is 3. The van der Waals surface area contributed by atoms with Gasteiger partial charge in [0.15, 0.2) is 0 Å². The molecule has 0 amide bonds. The van der Waals surface area contributed by atoms with Gasteiger partial charge in [-0.2, -0.15) is 0 Å². The van der Waals surface area contributed by atoms with Gasteiger partial charge in [0.1, 0.15) is 0 Å². The number of benzene rings is 1. The van der Waals surface area contributed by atoms with Gasteiger partial charge in [-0.1, -0.05) is 115 Å². The van der Waals surface area contributed by atoms with E-state index < -0.39 is 17.9 Å². The molecular formula is C31H48O6. The topological polar surface area (TPSA) is 112 Å². The van der Waals surface area contributed by atoms with E-state index in [1.54, 1.807) is 19.9 Å². The molecule has 0 aliphatic carbocycles. The van der Waals surface area contributed by atoms with Crippen LogP contribution in [-0.2, 0) is 14.4 Å². The lowest BCUT2D eigenvalue weighted by atomic mass is 9.92. The van der Waals surface area contributed by atoms with Crippen LogP contribution in [0.3, 0.4) is 0 Å². The monoisotopic (exact) mass is 516 g/mol. The van der Waals surface area contributed by atoms with Gasteiger partial charge in [-0.3, -0.25) is 0 Å². The fourth-order valence-corrected chi connectivity index (χ4v) is 2.59. The molecule has 1 atom stereocenters. The molecule has 0 spiro atoms.